The smallest absolute Gasteiger partial charge is 0.337 e. The minimum absolute atomic E-state index is 0.0482. The number of methoxy groups -OCH3 is 3. The van der Waals surface area contributed by atoms with E-state index in [-0.39, 0.29) is 23.6 Å². The van der Waals surface area contributed by atoms with Gasteiger partial charge in [-0.3, -0.25) is 15.0 Å². The number of hydrogen-bond acceptors (Lipinski definition) is 10. The highest BCUT2D eigenvalue weighted by Crippen LogP contribution is 2.63. The fraction of sp³-hybridized carbons (Fsp3) is 0.640. The largest absolute Gasteiger partial charge is 0.504 e. The van der Waals surface area contributed by atoms with Gasteiger partial charge in [0.1, 0.15) is 17.0 Å². The summed E-state index contributed by atoms with van der Waals surface area (Å²) >= 11 is 0. The second kappa shape index (κ2) is 9.20. The van der Waals surface area contributed by atoms with Gasteiger partial charge in [0, 0.05) is 19.2 Å². The van der Waals surface area contributed by atoms with Crippen LogP contribution in [0, 0.1) is 22.0 Å². The first-order chi connectivity index (χ1) is 17.4. The number of benzene rings is 1. The van der Waals surface area contributed by atoms with E-state index in [0.717, 1.165) is 13.0 Å². The Morgan fingerprint density at radius 2 is 2.08 bits per heavy atom. The number of fused-ring (bicyclic) bond motifs is 2. The van der Waals surface area contributed by atoms with Crippen LogP contribution in [0.25, 0.3) is 0 Å². The van der Waals surface area contributed by atoms with Crippen LogP contribution < -0.4 is 10.1 Å². The monoisotopic (exact) mass is 503 g/mol. The first-order valence-electron chi connectivity index (χ1n) is 12.3. The molecule has 0 unspecified atom stereocenters. The Balaban J connectivity index is 1.65. The van der Waals surface area contributed by atoms with Gasteiger partial charge >= 0.3 is 5.97 Å². The first kappa shape index (κ1) is 24.8. The first-order valence-corrected chi connectivity index (χ1v) is 12.3. The zero-order valence-corrected chi connectivity index (χ0v) is 21.1. The maximum atomic E-state index is 12.8. The summed E-state index contributed by atoms with van der Waals surface area (Å²) in [5.74, 6) is 0.149. The minimum Gasteiger partial charge on any atom is -0.504 e. The van der Waals surface area contributed by atoms with Crippen LogP contribution in [0.3, 0.4) is 0 Å². The predicted molar refractivity (Wildman–Crippen MR) is 129 cm³/mol. The second-order valence-corrected chi connectivity index (χ2v) is 9.75. The summed E-state index contributed by atoms with van der Waals surface area (Å²) in [6.07, 6.45) is 3.49. The van der Waals surface area contributed by atoms with Crippen LogP contribution in [0.1, 0.15) is 31.7 Å². The van der Waals surface area contributed by atoms with Gasteiger partial charge in [-0.15, -0.1) is 0 Å². The summed E-state index contributed by atoms with van der Waals surface area (Å²) in [6.45, 7) is 4.27. The molecule has 0 amide bonds. The summed E-state index contributed by atoms with van der Waals surface area (Å²) in [5, 5.41) is 15.5. The molecule has 3 saturated heterocycles. The van der Waals surface area contributed by atoms with E-state index in [4.69, 9.17) is 23.7 Å². The van der Waals surface area contributed by atoms with Crippen molar-refractivity contribution in [2.75, 3.05) is 52.9 Å². The average Bonchev–Trinajstić information content (AvgIpc) is 3.22. The van der Waals surface area contributed by atoms with Gasteiger partial charge in [0.2, 0.25) is 0 Å². The molecule has 5 atom stereocenters. The summed E-state index contributed by atoms with van der Waals surface area (Å²) in [7, 11) is 4.43. The lowest BCUT2D eigenvalue weighted by molar-refractivity contribution is -0.384. The van der Waals surface area contributed by atoms with E-state index in [1.165, 1.54) is 26.5 Å². The molecule has 0 aromatic heterocycles. The highest BCUT2D eigenvalue weighted by atomic mass is 16.6. The average molecular weight is 504 g/mol. The molecule has 1 N–H and O–H groups in total. The fourth-order valence-corrected chi connectivity index (χ4v) is 6.91. The van der Waals surface area contributed by atoms with E-state index in [2.05, 4.69) is 17.1 Å². The zero-order valence-electron chi connectivity index (χ0n) is 21.1. The summed E-state index contributed by atoms with van der Waals surface area (Å²) < 4.78 is 29.2. The fourth-order valence-electron chi connectivity index (χ4n) is 6.91. The number of nitro benzene ring substituents is 1. The zero-order chi connectivity index (χ0) is 25.7. The van der Waals surface area contributed by atoms with Gasteiger partial charge < -0.3 is 29.0 Å². The Morgan fingerprint density at radius 1 is 1.31 bits per heavy atom. The lowest BCUT2D eigenvalue weighted by Crippen LogP contribution is -2.75. The van der Waals surface area contributed by atoms with Crippen LogP contribution in [-0.2, 0) is 29.3 Å². The third-order valence-corrected chi connectivity index (χ3v) is 8.40. The van der Waals surface area contributed by atoms with Crippen LogP contribution >= 0.6 is 0 Å². The number of anilines is 1. The van der Waals surface area contributed by atoms with Crippen molar-refractivity contribution in [3.8, 4) is 5.75 Å². The Labute approximate surface area is 209 Å². The van der Waals surface area contributed by atoms with Crippen molar-refractivity contribution in [3.63, 3.8) is 0 Å². The molecular formula is C25H33N3O8. The topological polar surface area (TPSA) is 122 Å². The van der Waals surface area contributed by atoms with Gasteiger partial charge in [0.25, 0.3) is 5.69 Å². The van der Waals surface area contributed by atoms with Crippen molar-refractivity contribution < 1.29 is 33.4 Å². The lowest BCUT2D eigenvalue weighted by atomic mass is 9.67. The molecule has 4 aliphatic rings. The molecule has 4 aliphatic heterocycles. The SMILES string of the molecule is CC[C@@H]1CN2CC[C@@]34OCCO[C@@]3(Nc3c([N+](=O)[O-])ccc(OC)c34)[C@@H]2C[C@@H]1/C(=C\OC)C(=O)OC. The molecule has 36 heavy (non-hydrogen) atoms. The number of nitrogens with zero attached hydrogens (tertiary/aromatic N) is 2. The van der Waals surface area contributed by atoms with E-state index in [9.17, 15) is 14.9 Å². The molecule has 0 bridgehead atoms. The molecule has 0 saturated carbocycles. The van der Waals surface area contributed by atoms with Crippen LogP contribution in [0.5, 0.6) is 5.75 Å². The Hall–Kier alpha value is -2.89. The maximum Gasteiger partial charge on any atom is 0.337 e. The molecule has 1 aromatic rings. The Morgan fingerprint density at radius 3 is 2.75 bits per heavy atom. The van der Waals surface area contributed by atoms with E-state index < -0.39 is 22.2 Å². The van der Waals surface area contributed by atoms with E-state index >= 15 is 0 Å². The van der Waals surface area contributed by atoms with Gasteiger partial charge in [-0.25, -0.2) is 4.79 Å². The molecule has 0 radical (unpaired) electrons. The number of esters is 1. The number of nitro groups is 1. The molecular weight excluding hydrogens is 470 g/mol. The predicted octanol–water partition coefficient (Wildman–Crippen LogP) is 2.79. The standard InChI is InChI=1S/C25H33N3O8/c1-5-15-13-27-9-8-24-21-19(33-3)7-6-18(28(30)31)22(21)26-25(24,36-11-10-35-24)20(27)12-16(15)17(14-32-2)23(29)34-4/h6-7,14-16,20,26H,5,8-13H2,1-4H3/b17-14+/t15-,16+,20+,24+,25+/m1/s1. The molecule has 5 rings (SSSR count). The Bertz CT molecular complexity index is 1090. The van der Waals surface area contributed by atoms with E-state index in [0.29, 0.717) is 55.2 Å². The second-order valence-electron chi connectivity index (χ2n) is 9.75. The van der Waals surface area contributed by atoms with Gasteiger partial charge in [-0.1, -0.05) is 13.3 Å². The summed E-state index contributed by atoms with van der Waals surface area (Å²) in [4.78, 5) is 26.8. The molecule has 0 spiro atoms. The highest BCUT2D eigenvalue weighted by Gasteiger charge is 2.71. The van der Waals surface area contributed by atoms with Gasteiger partial charge in [-0.05, 0) is 30.7 Å². The van der Waals surface area contributed by atoms with Crippen molar-refractivity contribution >= 4 is 17.3 Å². The Kier molecular flexibility index (Phi) is 6.34. The lowest BCUT2D eigenvalue weighted by Gasteiger charge is -2.61. The minimum atomic E-state index is -1.09. The number of ether oxygens (including phenoxy) is 5. The van der Waals surface area contributed by atoms with Crippen LogP contribution in [0.15, 0.2) is 24.0 Å². The van der Waals surface area contributed by atoms with Crippen molar-refractivity contribution in [3.05, 3.63) is 39.6 Å². The normalized spacial score (nSPS) is 33.3. The summed E-state index contributed by atoms with van der Waals surface area (Å²) in [5.41, 5.74) is -0.621. The van der Waals surface area contributed by atoms with E-state index in [1.54, 1.807) is 13.2 Å². The number of carbonyl (C=O) groups is 1. The molecule has 3 fully saturated rings. The van der Waals surface area contributed by atoms with Crippen LogP contribution in [0.4, 0.5) is 11.4 Å². The van der Waals surface area contributed by atoms with Crippen molar-refractivity contribution in [1.82, 2.24) is 4.90 Å². The molecule has 1 aromatic carbocycles. The number of piperidine rings is 2. The molecule has 11 nitrogen and oxygen atoms in total. The molecule has 196 valence electrons. The van der Waals surface area contributed by atoms with Crippen LogP contribution in [-0.4, -0.2) is 75.2 Å². The number of nitrogens with one attached hydrogen (secondary N) is 1. The van der Waals surface area contributed by atoms with Gasteiger partial charge in [0.05, 0.1) is 62.9 Å². The quantitative estimate of drug-likeness (QED) is 0.204. The van der Waals surface area contributed by atoms with E-state index in [1.807, 2.05) is 0 Å². The third kappa shape index (κ3) is 3.32. The van der Waals surface area contributed by atoms with Crippen molar-refractivity contribution in [2.24, 2.45) is 11.8 Å². The molecule has 0 aliphatic carbocycles. The number of rotatable bonds is 6. The van der Waals surface area contributed by atoms with Crippen LogP contribution in [0.2, 0.25) is 0 Å². The molecule has 11 heteroatoms. The third-order valence-electron chi connectivity index (χ3n) is 8.40. The number of carbonyl (C=O) groups excluding carboxylic acids is 1. The highest BCUT2D eigenvalue weighted by molar-refractivity contribution is 5.88. The molecule has 4 heterocycles. The van der Waals surface area contributed by atoms with Gasteiger partial charge in [0.15, 0.2) is 5.72 Å². The van der Waals surface area contributed by atoms with Crippen molar-refractivity contribution in [2.45, 2.75) is 43.6 Å². The summed E-state index contributed by atoms with van der Waals surface area (Å²) in [6, 6.07) is 2.84. The van der Waals surface area contributed by atoms with Gasteiger partial charge in [-0.2, -0.15) is 0 Å². The maximum absolute atomic E-state index is 12.8. The number of hydrogen-bond donors (Lipinski definition) is 1. The van der Waals surface area contributed by atoms with Crippen molar-refractivity contribution in [1.29, 1.82) is 0 Å².